The van der Waals surface area contributed by atoms with Gasteiger partial charge in [-0.25, -0.2) is 12.8 Å². The number of carbonyl (C=O) groups is 1. The third-order valence-corrected chi connectivity index (χ3v) is 5.78. The molecule has 0 aliphatic rings. The fourth-order valence-electron chi connectivity index (χ4n) is 2.70. The minimum atomic E-state index is -3.90. The van der Waals surface area contributed by atoms with Crippen molar-refractivity contribution < 1.29 is 22.0 Å². The van der Waals surface area contributed by atoms with Gasteiger partial charge in [0.2, 0.25) is 15.9 Å². The molecule has 1 amide bonds. The van der Waals surface area contributed by atoms with Crippen molar-refractivity contribution in [3.05, 3.63) is 84.1 Å². The van der Waals surface area contributed by atoms with Crippen LogP contribution >= 0.6 is 0 Å². The Morgan fingerprint density at radius 3 is 2.43 bits per heavy atom. The average Bonchev–Trinajstić information content (AvgIpc) is 3.14. The number of nitrogens with zero attached hydrogens (tertiary/aromatic N) is 1. The molecule has 1 heterocycles. The molecule has 28 heavy (non-hydrogen) atoms. The number of carbonyl (C=O) groups excluding carboxylic acids is 1. The first-order valence-electron chi connectivity index (χ1n) is 8.49. The predicted molar refractivity (Wildman–Crippen MR) is 102 cm³/mol. The summed E-state index contributed by atoms with van der Waals surface area (Å²) in [7, 11) is -3.90. The molecule has 0 aliphatic heterocycles. The molecule has 1 aromatic heterocycles. The summed E-state index contributed by atoms with van der Waals surface area (Å²) in [6.07, 6.45) is 1.46. The van der Waals surface area contributed by atoms with E-state index in [1.54, 1.807) is 18.2 Å². The number of halogens is 1. The molecule has 146 valence electrons. The summed E-state index contributed by atoms with van der Waals surface area (Å²) in [5.41, 5.74) is 1.01. The zero-order valence-electron chi connectivity index (χ0n) is 15.1. The van der Waals surface area contributed by atoms with Crippen LogP contribution in [0.4, 0.5) is 10.1 Å². The molecule has 0 radical (unpaired) electrons. The predicted octanol–water partition coefficient (Wildman–Crippen LogP) is 3.77. The Morgan fingerprint density at radius 1 is 1.07 bits per heavy atom. The number of anilines is 1. The van der Waals surface area contributed by atoms with Crippen LogP contribution in [0.2, 0.25) is 0 Å². The van der Waals surface area contributed by atoms with E-state index in [-0.39, 0.29) is 23.9 Å². The van der Waals surface area contributed by atoms with Crippen molar-refractivity contribution >= 4 is 21.6 Å². The first-order chi connectivity index (χ1) is 13.3. The number of hydrogen-bond acceptors (Lipinski definition) is 4. The molecule has 3 rings (SSSR count). The maximum Gasteiger partial charge on any atom is 0.243 e. The Hall–Kier alpha value is -2.97. The van der Waals surface area contributed by atoms with E-state index in [1.165, 1.54) is 60.0 Å². The van der Waals surface area contributed by atoms with E-state index in [2.05, 4.69) is 5.32 Å². The molecule has 1 N–H and O–H groups in total. The van der Waals surface area contributed by atoms with E-state index < -0.39 is 15.8 Å². The van der Waals surface area contributed by atoms with Gasteiger partial charge in [-0.05, 0) is 54.1 Å². The van der Waals surface area contributed by atoms with Crippen LogP contribution in [0, 0.1) is 5.82 Å². The largest absolute Gasteiger partial charge is 0.468 e. The van der Waals surface area contributed by atoms with Crippen molar-refractivity contribution in [1.29, 1.82) is 0 Å². The fraction of sp³-hybridized carbons (Fsp3) is 0.150. The molecule has 8 heteroatoms. The van der Waals surface area contributed by atoms with Crippen molar-refractivity contribution in [2.75, 3.05) is 5.32 Å². The second kappa shape index (κ2) is 8.37. The summed E-state index contributed by atoms with van der Waals surface area (Å²) >= 11 is 0. The third-order valence-electron chi connectivity index (χ3n) is 3.97. The number of hydrogen-bond donors (Lipinski definition) is 1. The molecular weight excluding hydrogens is 383 g/mol. The molecule has 0 unspecified atom stereocenters. The lowest BCUT2D eigenvalue weighted by molar-refractivity contribution is -0.114. The summed E-state index contributed by atoms with van der Waals surface area (Å²) < 4.78 is 46.4. The third kappa shape index (κ3) is 4.85. The average molecular weight is 402 g/mol. The monoisotopic (exact) mass is 402 g/mol. The van der Waals surface area contributed by atoms with Gasteiger partial charge in [0.05, 0.1) is 17.7 Å². The second-order valence-electron chi connectivity index (χ2n) is 6.19. The molecule has 3 aromatic rings. The summed E-state index contributed by atoms with van der Waals surface area (Å²) in [5, 5.41) is 2.59. The van der Waals surface area contributed by atoms with Crippen molar-refractivity contribution in [3.8, 4) is 0 Å². The highest BCUT2D eigenvalue weighted by Crippen LogP contribution is 2.23. The van der Waals surface area contributed by atoms with Crippen molar-refractivity contribution in [3.63, 3.8) is 0 Å². The van der Waals surface area contributed by atoms with Crippen LogP contribution in [0.15, 0.2) is 76.2 Å². The highest BCUT2D eigenvalue weighted by molar-refractivity contribution is 7.89. The van der Waals surface area contributed by atoms with Crippen LogP contribution in [0.25, 0.3) is 0 Å². The maximum atomic E-state index is 13.5. The van der Waals surface area contributed by atoms with Gasteiger partial charge in [-0.3, -0.25) is 4.79 Å². The summed E-state index contributed by atoms with van der Waals surface area (Å²) in [6.45, 7) is 1.35. The Kier molecular flexibility index (Phi) is 5.91. The van der Waals surface area contributed by atoms with E-state index in [4.69, 9.17) is 4.42 Å². The summed E-state index contributed by atoms with van der Waals surface area (Å²) in [6, 6.07) is 15.0. The fourth-order valence-corrected chi connectivity index (χ4v) is 4.10. The standard InChI is InChI=1S/C20H19FN2O4S/c1-15(24)22-18-7-9-20(10-8-18)28(25,26)23(14-19-6-3-11-27-19)13-16-4-2-5-17(21)12-16/h2-12H,13-14H2,1H3,(H,22,24). The van der Waals surface area contributed by atoms with Crippen LogP contribution < -0.4 is 5.32 Å². The Balaban J connectivity index is 1.91. The number of amides is 1. The summed E-state index contributed by atoms with van der Waals surface area (Å²) in [5.74, 6) is -0.219. The SMILES string of the molecule is CC(=O)Nc1ccc(S(=O)(=O)N(Cc2cccc(F)c2)Cc2ccco2)cc1. The van der Waals surface area contributed by atoms with Gasteiger partial charge in [0.25, 0.3) is 0 Å². The first-order valence-corrected chi connectivity index (χ1v) is 9.93. The van der Waals surface area contributed by atoms with E-state index >= 15 is 0 Å². The molecule has 0 saturated carbocycles. The van der Waals surface area contributed by atoms with E-state index in [0.717, 1.165) is 0 Å². The molecule has 0 spiro atoms. The Morgan fingerprint density at radius 2 is 1.82 bits per heavy atom. The number of furan rings is 1. The van der Waals surface area contributed by atoms with Gasteiger partial charge in [0.15, 0.2) is 0 Å². The number of sulfonamides is 1. The van der Waals surface area contributed by atoms with E-state index in [9.17, 15) is 17.6 Å². The van der Waals surface area contributed by atoms with Crippen LogP contribution in [-0.4, -0.2) is 18.6 Å². The van der Waals surface area contributed by atoms with Gasteiger partial charge in [-0.1, -0.05) is 12.1 Å². The lowest BCUT2D eigenvalue weighted by atomic mass is 10.2. The highest BCUT2D eigenvalue weighted by atomic mass is 32.2. The molecule has 0 saturated heterocycles. The van der Waals surface area contributed by atoms with Crippen LogP contribution in [-0.2, 0) is 27.9 Å². The number of benzene rings is 2. The lowest BCUT2D eigenvalue weighted by Crippen LogP contribution is -2.30. The molecule has 0 aliphatic carbocycles. The van der Waals surface area contributed by atoms with E-state index in [1.807, 2.05) is 0 Å². The quantitative estimate of drug-likeness (QED) is 0.652. The zero-order valence-corrected chi connectivity index (χ0v) is 15.9. The van der Waals surface area contributed by atoms with Gasteiger partial charge in [0.1, 0.15) is 11.6 Å². The van der Waals surface area contributed by atoms with Crippen molar-refractivity contribution in [2.45, 2.75) is 24.9 Å². The first kappa shape index (κ1) is 19.8. The maximum absolute atomic E-state index is 13.5. The smallest absolute Gasteiger partial charge is 0.243 e. The molecular formula is C20H19FN2O4S. The minimum Gasteiger partial charge on any atom is -0.468 e. The van der Waals surface area contributed by atoms with Crippen LogP contribution in [0.1, 0.15) is 18.2 Å². The van der Waals surface area contributed by atoms with Crippen molar-refractivity contribution in [2.24, 2.45) is 0 Å². The lowest BCUT2D eigenvalue weighted by Gasteiger charge is -2.21. The topological polar surface area (TPSA) is 79.6 Å². The van der Waals surface area contributed by atoms with E-state index in [0.29, 0.717) is 17.0 Å². The molecule has 0 fully saturated rings. The normalized spacial score (nSPS) is 11.5. The zero-order chi connectivity index (χ0) is 20.1. The molecule has 2 aromatic carbocycles. The number of rotatable bonds is 7. The Labute approximate surface area is 162 Å². The molecule has 0 atom stereocenters. The van der Waals surface area contributed by atoms with Gasteiger partial charge in [-0.15, -0.1) is 0 Å². The number of nitrogens with one attached hydrogen (secondary N) is 1. The van der Waals surface area contributed by atoms with Crippen LogP contribution in [0.5, 0.6) is 0 Å². The second-order valence-corrected chi connectivity index (χ2v) is 8.13. The van der Waals surface area contributed by atoms with Gasteiger partial charge >= 0.3 is 0 Å². The highest BCUT2D eigenvalue weighted by Gasteiger charge is 2.26. The Bertz CT molecular complexity index is 1050. The molecule has 0 bridgehead atoms. The van der Waals surface area contributed by atoms with Gasteiger partial charge in [0, 0.05) is 19.2 Å². The molecule has 6 nitrogen and oxygen atoms in total. The van der Waals surface area contributed by atoms with Crippen LogP contribution in [0.3, 0.4) is 0 Å². The van der Waals surface area contributed by atoms with Gasteiger partial charge < -0.3 is 9.73 Å². The van der Waals surface area contributed by atoms with Crippen molar-refractivity contribution in [1.82, 2.24) is 4.31 Å². The minimum absolute atomic E-state index is 0.000700. The summed E-state index contributed by atoms with van der Waals surface area (Å²) in [4.78, 5) is 11.2. The van der Waals surface area contributed by atoms with Gasteiger partial charge in [-0.2, -0.15) is 4.31 Å².